The number of anilines is 2. The van der Waals surface area contributed by atoms with E-state index in [0.29, 0.717) is 48.4 Å². The van der Waals surface area contributed by atoms with E-state index in [4.69, 9.17) is 14.2 Å². The van der Waals surface area contributed by atoms with Crippen LogP contribution in [0.3, 0.4) is 0 Å². The lowest BCUT2D eigenvalue weighted by molar-refractivity contribution is -0.114. The van der Waals surface area contributed by atoms with Crippen LogP contribution in [-0.2, 0) is 14.8 Å². The molecular formula is C20H22N2O6S. The van der Waals surface area contributed by atoms with Crippen LogP contribution in [0.25, 0.3) is 0 Å². The molecule has 9 heteroatoms. The van der Waals surface area contributed by atoms with Gasteiger partial charge < -0.3 is 19.5 Å². The summed E-state index contributed by atoms with van der Waals surface area (Å²) in [4.78, 5) is 12.5. The molecule has 2 aromatic rings. The molecule has 1 aliphatic rings. The Balaban J connectivity index is 1.72. The van der Waals surface area contributed by atoms with Crippen molar-refractivity contribution in [1.82, 2.24) is 0 Å². The Morgan fingerprint density at radius 2 is 1.86 bits per heavy atom. The van der Waals surface area contributed by atoms with Crippen LogP contribution in [0.1, 0.15) is 0 Å². The average molecular weight is 418 g/mol. The Kier molecular flexibility index (Phi) is 6.28. The van der Waals surface area contributed by atoms with E-state index >= 15 is 0 Å². The average Bonchev–Trinajstić information content (AvgIpc) is 2.70. The highest BCUT2D eigenvalue weighted by atomic mass is 32.2. The smallest absolute Gasteiger partial charge is 0.245 e. The Bertz CT molecular complexity index is 989. The normalized spacial score (nSPS) is 12.7. The Morgan fingerprint density at radius 3 is 2.52 bits per heavy atom. The molecule has 0 fully saturated rings. The van der Waals surface area contributed by atoms with Crippen LogP contribution in [0.5, 0.6) is 17.2 Å². The summed E-state index contributed by atoms with van der Waals surface area (Å²) < 4.78 is 41.9. The van der Waals surface area contributed by atoms with Crippen molar-refractivity contribution >= 4 is 27.3 Å². The monoisotopic (exact) mass is 418 g/mol. The minimum atomic E-state index is -3.70. The fourth-order valence-corrected chi connectivity index (χ4v) is 3.56. The summed E-state index contributed by atoms with van der Waals surface area (Å²) in [5, 5.41) is 2.68. The quantitative estimate of drug-likeness (QED) is 0.662. The molecule has 1 aliphatic heterocycles. The highest BCUT2D eigenvalue weighted by molar-refractivity contribution is 7.92. The fraction of sp³-hybridized carbons (Fsp3) is 0.250. The van der Waals surface area contributed by atoms with Crippen LogP contribution in [0, 0.1) is 0 Å². The molecule has 29 heavy (non-hydrogen) atoms. The van der Waals surface area contributed by atoms with Gasteiger partial charge in [-0.1, -0.05) is 12.7 Å². The molecule has 0 aliphatic carbocycles. The summed E-state index contributed by atoms with van der Waals surface area (Å²) in [6.45, 7) is 4.39. The van der Waals surface area contributed by atoms with Crippen molar-refractivity contribution in [2.45, 2.75) is 0 Å². The van der Waals surface area contributed by atoms with Crippen LogP contribution in [0.2, 0.25) is 0 Å². The van der Waals surface area contributed by atoms with Gasteiger partial charge in [0.1, 0.15) is 32.1 Å². The van der Waals surface area contributed by atoms with Crippen molar-refractivity contribution in [2.75, 3.05) is 42.2 Å². The number of amides is 1. The molecular weight excluding hydrogens is 396 g/mol. The third-order valence-electron chi connectivity index (χ3n) is 4.01. The number of hydrogen-bond donors (Lipinski definition) is 1. The van der Waals surface area contributed by atoms with Crippen LogP contribution < -0.4 is 23.8 Å². The van der Waals surface area contributed by atoms with Crippen molar-refractivity contribution in [3.8, 4) is 17.2 Å². The topological polar surface area (TPSA) is 94.2 Å². The molecule has 0 atom stereocenters. The molecule has 8 nitrogen and oxygen atoms in total. The number of benzene rings is 2. The number of fused-ring (bicyclic) bond motifs is 1. The molecule has 0 saturated carbocycles. The van der Waals surface area contributed by atoms with Gasteiger partial charge in [0.15, 0.2) is 11.5 Å². The largest absolute Gasteiger partial charge is 0.490 e. The standard InChI is InChI=1S/C20H22N2O6S/c1-3-10-26-17-7-4-15(5-8-17)21-20(23)14-22(29(2,24)25)16-6-9-18-19(13-16)28-12-11-27-18/h3-9,13H,1,10-12,14H2,2H3,(H,21,23). The number of hydrogen-bond acceptors (Lipinski definition) is 6. The molecule has 3 rings (SSSR count). The number of ether oxygens (including phenoxy) is 3. The second-order valence-corrected chi connectivity index (χ2v) is 8.18. The van der Waals surface area contributed by atoms with E-state index in [1.165, 1.54) is 0 Å². The number of nitrogens with one attached hydrogen (secondary N) is 1. The summed E-state index contributed by atoms with van der Waals surface area (Å²) in [6.07, 6.45) is 2.68. The maximum absolute atomic E-state index is 12.5. The summed E-state index contributed by atoms with van der Waals surface area (Å²) in [7, 11) is -3.70. The van der Waals surface area contributed by atoms with Crippen molar-refractivity contribution in [2.24, 2.45) is 0 Å². The van der Waals surface area contributed by atoms with Crippen LogP contribution >= 0.6 is 0 Å². The van der Waals surface area contributed by atoms with E-state index in [-0.39, 0.29) is 6.54 Å². The summed E-state index contributed by atoms with van der Waals surface area (Å²) in [5.74, 6) is 1.14. The Labute approximate surface area is 169 Å². The molecule has 0 radical (unpaired) electrons. The molecule has 0 spiro atoms. The predicted octanol–water partition coefficient (Wildman–Crippen LogP) is 2.43. The summed E-state index contributed by atoms with van der Waals surface area (Å²) in [6, 6.07) is 11.5. The van der Waals surface area contributed by atoms with Gasteiger partial charge >= 0.3 is 0 Å². The fourth-order valence-electron chi connectivity index (χ4n) is 2.71. The van der Waals surface area contributed by atoms with Gasteiger partial charge in [-0.2, -0.15) is 0 Å². The van der Waals surface area contributed by atoms with Gasteiger partial charge in [0, 0.05) is 11.8 Å². The molecule has 1 heterocycles. The van der Waals surface area contributed by atoms with Crippen molar-refractivity contribution < 1.29 is 27.4 Å². The van der Waals surface area contributed by atoms with Gasteiger partial charge in [0.25, 0.3) is 0 Å². The van der Waals surface area contributed by atoms with Crippen LogP contribution in [0.15, 0.2) is 55.1 Å². The van der Waals surface area contributed by atoms with E-state index in [0.717, 1.165) is 10.6 Å². The van der Waals surface area contributed by atoms with Gasteiger partial charge in [-0.15, -0.1) is 0 Å². The van der Waals surface area contributed by atoms with E-state index in [2.05, 4.69) is 11.9 Å². The van der Waals surface area contributed by atoms with Gasteiger partial charge in [-0.3, -0.25) is 9.10 Å². The first-order valence-corrected chi connectivity index (χ1v) is 10.7. The molecule has 0 bridgehead atoms. The lowest BCUT2D eigenvalue weighted by Gasteiger charge is -2.24. The number of sulfonamides is 1. The first kappa shape index (κ1) is 20.5. The minimum absolute atomic E-state index is 0.320. The molecule has 2 aromatic carbocycles. The van der Waals surface area contributed by atoms with Crippen molar-refractivity contribution in [3.63, 3.8) is 0 Å². The van der Waals surface area contributed by atoms with Gasteiger partial charge in [0.2, 0.25) is 15.9 Å². The van der Waals surface area contributed by atoms with E-state index in [1.807, 2.05) is 0 Å². The molecule has 154 valence electrons. The number of carbonyl (C=O) groups excluding carboxylic acids is 1. The Morgan fingerprint density at radius 1 is 1.17 bits per heavy atom. The lowest BCUT2D eigenvalue weighted by atomic mass is 10.2. The SMILES string of the molecule is C=CCOc1ccc(NC(=O)CN(c2ccc3c(c2)OCCO3)S(C)(=O)=O)cc1. The maximum Gasteiger partial charge on any atom is 0.245 e. The third-order valence-corrected chi connectivity index (χ3v) is 5.15. The van der Waals surface area contributed by atoms with E-state index in [9.17, 15) is 13.2 Å². The third kappa shape index (κ3) is 5.41. The zero-order chi connectivity index (χ0) is 20.9. The van der Waals surface area contributed by atoms with Crippen LogP contribution in [-0.4, -0.2) is 46.9 Å². The second kappa shape index (κ2) is 8.87. The molecule has 1 N–H and O–H groups in total. The molecule has 0 aromatic heterocycles. The summed E-state index contributed by atoms with van der Waals surface area (Å²) >= 11 is 0. The maximum atomic E-state index is 12.5. The molecule has 0 saturated heterocycles. The second-order valence-electron chi connectivity index (χ2n) is 6.27. The zero-order valence-electron chi connectivity index (χ0n) is 16.0. The van der Waals surface area contributed by atoms with Crippen molar-refractivity contribution in [3.05, 3.63) is 55.1 Å². The van der Waals surface area contributed by atoms with Gasteiger partial charge in [-0.05, 0) is 36.4 Å². The highest BCUT2D eigenvalue weighted by Gasteiger charge is 2.23. The van der Waals surface area contributed by atoms with Crippen LogP contribution in [0.4, 0.5) is 11.4 Å². The van der Waals surface area contributed by atoms with Crippen molar-refractivity contribution in [1.29, 1.82) is 0 Å². The highest BCUT2D eigenvalue weighted by Crippen LogP contribution is 2.34. The predicted molar refractivity (Wildman–Crippen MR) is 110 cm³/mol. The van der Waals surface area contributed by atoms with E-state index in [1.54, 1.807) is 48.5 Å². The van der Waals surface area contributed by atoms with E-state index < -0.39 is 15.9 Å². The first-order valence-electron chi connectivity index (χ1n) is 8.88. The summed E-state index contributed by atoms with van der Waals surface area (Å²) in [5.41, 5.74) is 0.844. The Hall–Kier alpha value is -3.20. The molecule has 1 amide bonds. The van der Waals surface area contributed by atoms with Gasteiger partial charge in [-0.25, -0.2) is 8.42 Å². The lowest BCUT2D eigenvalue weighted by Crippen LogP contribution is -2.37. The zero-order valence-corrected chi connectivity index (χ0v) is 16.8. The number of rotatable bonds is 8. The number of nitrogens with zero attached hydrogens (tertiary/aromatic N) is 1. The van der Waals surface area contributed by atoms with Gasteiger partial charge in [0.05, 0.1) is 11.9 Å². The molecule has 0 unspecified atom stereocenters. The minimum Gasteiger partial charge on any atom is -0.490 e. The first-order chi connectivity index (χ1) is 13.9. The number of carbonyl (C=O) groups is 1.